The molecule has 50 nitrogen and oxygen atoms in total. The van der Waals surface area contributed by atoms with Gasteiger partial charge in [0.05, 0.1) is 104 Å². The number of nitrogen functional groups attached to an aromatic ring is 1. The Morgan fingerprint density at radius 1 is 0.437 bits per heavy atom. The topological polar surface area (TPSA) is 738 Å². The van der Waals surface area contributed by atoms with Gasteiger partial charge in [-0.05, 0) is 142 Å². The van der Waals surface area contributed by atoms with E-state index in [9.17, 15) is 79.9 Å². The molecule has 54 heteroatoms. The number of nitrogens with zero attached hydrogens (tertiary/aromatic N) is 12. The first-order valence-corrected chi connectivity index (χ1v) is 39.2. The van der Waals surface area contributed by atoms with Crippen LogP contribution in [0.2, 0.25) is 0 Å². The van der Waals surface area contributed by atoms with Crippen molar-refractivity contribution in [2.75, 3.05) is 47.3 Å². The molecule has 0 radical (unpaired) electrons. The number of carboxylic acid groups (broad SMARTS) is 1. The molecule has 0 aliphatic carbocycles. The average molecular weight is 2010 g/mol. The first-order valence-electron chi connectivity index (χ1n) is 36.4. The number of aliphatic hydroxyl groups is 1. The van der Waals surface area contributed by atoms with Gasteiger partial charge in [-0.2, -0.15) is 8.42 Å². The second-order valence-electron chi connectivity index (χ2n) is 23.9. The molecule has 1 fully saturated rings. The molecule has 1 aliphatic heterocycles. The van der Waals surface area contributed by atoms with Gasteiger partial charge in [-0.3, -0.25) is 94.1 Å². The van der Waals surface area contributed by atoms with Crippen LogP contribution in [0.3, 0.4) is 0 Å². The molecule has 135 heavy (non-hydrogen) atoms. The fraction of sp³-hybridized carbons (Fsp3) is 0.123. The summed E-state index contributed by atoms with van der Waals surface area (Å²) in [5, 5.41) is 101. The van der Waals surface area contributed by atoms with E-state index in [0.29, 0.717) is 63.1 Å². The molecular weight excluding hydrogens is 1930 g/mol. The number of carbonyl (C=O) groups is 5. The number of aryl methyl sites for hydroxylation is 2. The van der Waals surface area contributed by atoms with Gasteiger partial charge < -0.3 is 76.4 Å². The Balaban J connectivity index is 0. The van der Waals surface area contributed by atoms with Gasteiger partial charge in [0.15, 0.2) is 0 Å². The zero-order chi connectivity index (χ0) is 99.4. The Hall–Kier alpha value is -14.3. The number of hydrogen-bond donors (Lipinski definition) is 8. The number of anilines is 1. The third kappa shape index (κ3) is 52.5. The van der Waals surface area contributed by atoms with Crippen LogP contribution in [0.25, 0.3) is 0 Å². The smallest absolute Gasteiger partial charge is 1.00 e. The molecule has 1 aliphatic rings. The van der Waals surface area contributed by atoms with Crippen molar-refractivity contribution in [1.82, 2.24) is 40.5 Å². The summed E-state index contributed by atoms with van der Waals surface area (Å²) in [5.74, 6) is 2.11. The van der Waals surface area contributed by atoms with E-state index in [1.165, 1.54) is 173 Å². The van der Waals surface area contributed by atoms with Crippen LogP contribution in [-0.4, -0.2) is 179 Å². The van der Waals surface area contributed by atoms with Crippen molar-refractivity contribution in [3.63, 3.8) is 0 Å². The number of nitro benzene ring substituents is 6. The molecule has 7 heterocycles. The first kappa shape index (κ1) is 121. The van der Waals surface area contributed by atoms with E-state index in [4.69, 9.17) is 84.7 Å². The SMILES string of the molecule is C1CCOC1.CNC(=O)c1ccc(Oc2cccc(N)c2)cn1.CNC(=O)c1ccc(Oc2cccc([N+](=O)[O-])c2)cn1.CO.COC(=O)c1ccc(Oc2cccc([N+](=O)[O-])c2)cn1.Cc1ccc(O)cn1.Cc1ccc(Oc2cccc([N+](=O)[O-])c2)cn1.O=C(O)c1ccc(Oc2cccc([N+](=O)[O-])c2)cn1.O=CO[O-].O=S(=O)(O)O.O=[N+]([O-])c1cccc([N+](=O)[O-])c1.O=[Se]=O.[H-].[K+].[K+]. The number of benzene rings is 6. The van der Waals surface area contributed by atoms with Gasteiger partial charge in [0.2, 0.25) is 0 Å². The number of aromatic hydroxyl groups is 1. The summed E-state index contributed by atoms with van der Waals surface area (Å²) in [6, 6.07) is 53.9. The molecule has 0 bridgehead atoms. The van der Waals surface area contributed by atoms with Gasteiger partial charge in [-0.15, -0.1) is 0 Å². The number of nitrogens with two attached hydrogens (primary N) is 1. The normalized spacial score (nSPS) is 9.85. The van der Waals surface area contributed by atoms with Crippen LogP contribution in [0.5, 0.6) is 63.2 Å². The van der Waals surface area contributed by atoms with E-state index in [-0.39, 0.29) is 185 Å². The van der Waals surface area contributed by atoms with Crippen molar-refractivity contribution < 1.29 is 242 Å². The number of ether oxygens (including phenoxy) is 7. The number of methoxy groups -OCH3 is 1. The van der Waals surface area contributed by atoms with Crippen LogP contribution in [0, 0.1) is 74.5 Å². The van der Waals surface area contributed by atoms with Crippen molar-refractivity contribution in [2.24, 2.45) is 0 Å². The third-order valence-corrected chi connectivity index (χ3v) is 14.5. The summed E-state index contributed by atoms with van der Waals surface area (Å²) in [6.07, 6.45) is 11.0. The van der Waals surface area contributed by atoms with Crippen LogP contribution >= 0.6 is 0 Å². The molecule has 6 aromatic carbocycles. The zero-order valence-electron chi connectivity index (χ0n) is 72.9. The van der Waals surface area contributed by atoms with Gasteiger partial charge in [0, 0.05) is 94.0 Å². The fourth-order valence-corrected chi connectivity index (χ4v) is 8.75. The Morgan fingerprint density at radius 2 is 0.696 bits per heavy atom. The number of rotatable bonds is 21. The minimum atomic E-state index is -4.67. The number of carboxylic acids is 1. The molecule has 0 saturated carbocycles. The minimum absolute atomic E-state index is 0. The third-order valence-electron chi connectivity index (χ3n) is 14.5. The zero-order valence-corrected chi connectivity index (χ0v) is 80.7. The number of aliphatic hydroxyl groups excluding tert-OH is 1. The number of amides is 2. The Labute approximate surface area is 856 Å². The van der Waals surface area contributed by atoms with Crippen LogP contribution in [0.15, 0.2) is 256 Å². The predicted octanol–water partition coefficient (Wildman–Crippen LogP) is 6.38. The van der Waals surface area contributed by atoms with Gasteiger partial charge in [0.25, 0.3) is 52.4 Å². The second kappa shape index (κ2) is 67.8. The number of nitrogens with one attached hydrogen (secondary N) is 2. The largest absolute Gasteiger partial charge is 1.00 e. The molecule has 2 amide bonds. The standard InChI is InChI=1S/C13H11N3O4.C13H13N3O2.C13H10N2O5.C12H8N2O5.C12H10N2O3.C6H4N2O4.C6H7NO.C4H8O.CH2O3.CH4O.2K.H2O4S.O2Se.H/c1-14-13(17)12-6-5-11(8-15-12)20-10-4-2-3-9(7-10)16(18)19;1-15-13(17)12-6-5-11(8-16-12)18-10-4-2-3-9(14)7-10;1-19-13(16)12-6-5-11(8-14-12)20-10-4-2-3-9(7-10)15(17)18;15-12(16)11-5-4-10(7-13-11)19-9-3-1-2-8(6-9)14(17)18;1-9-5-6-12(8-13-9)17-11-4-2-3-10(7-11)14(15)16;9-7(10)5-2-1-3-6(4-5)8(11)12;1-5-2-3-6(8)4-7-5;1-2-4-5-3-1;2-1-4-3;1-2;;;1-5(2,3)4;1-3-2;/h2-8H,1H3,(H,14,17);2-8H,14H2,1H3,(H,15,17);2-8H,1H3;1-7H,(H,15,16);2-8H,1H3;1-4H;2-4,8H,1H3;1-4H2;1,3H;2H,1H3;;;(H2,1,2,3,4);;/q;;;;;;;;;;2*+1;;;-1/p-1. The van der Waals surface area contributed by atoms with E-state index < -0.39 is 66.7 Å². The number of aromatic nitrogens is 6. The van der Waals surface area contributed by atoms with Gasteiger partial charge >= 0.3 is 148 Å². The van der Waals surface area contributed by atoms with Crippen LogP contribution in [0.4, 0.5) is 39.8 Å². The van der Waals surface area contributed by atoms with E-state index >= 15 is 0 Å². The van der Waals surface area contributed by atoms with Gasteiger partial charge in [-0.1, -0.05) is 30.3 Å². The maximum Gasteiger partial charge on any atom is 1.00 e. The van der Waals surface area contributed by atoms with E-state index in [1.807, 2.05) is 19.9 Å². The molecule has 0 atom stereocenters. The minimum Gasteiger partial charge on any atom is -1.00 e. The molecule has 6 aromatic heterocycles. The number of esters is 1. The number of nitro groups is 6. The summed E-state index contributed by atoms with van der Waals surface area (Å²) < 4.78 is 85.1. The van der Waals surface area contributed by atoms with Crippen molar-refractivity contribution in [3.8, 4) is 63.2 Å². The van der Waals surface area contributed by atoms with Crippen molar-refractivity contribution in [2.45, 2.75) is 26.7 Å². The monoisotopic (exact) mass is 2010 g/mol. The van der Waals surface area contributed by atoms with Crippen LogP contribution < -0.4 is 148 Å². The molecule has 12 aromatic rings. The first-order chi connectivity index (χ1) is 63.3. The number of non-ortho nitro benzene ring substituents is 6. The fourth-order valence-electron chi connectivity index (χ4n) is 8.75. The van der Waals surface area contributed by atoms with E-state index in [0.717, 1.165) is 37.8 Å². The van der Waals surface area contributed by atoms with Crippen molar-refractivity contribution >= 4 is 95.3 Å². The second-order valence-corrected chi connectivity index (χ2v) is 25.1. The summed E-state index contributed by atoms with van der Waals surface area (Å²) in [6.45, 7) is 5.57. The summed E-state index contributed by atoms with van der Waals surface area (Å²) >= 11 is -1.62. The molecule has 0 unspecified atom stereocenters. The predicted molar refractivity (Wildman–Crippen MR) is 463 cm³/mol. The molecule has 1 saturated heterocycles. The Bertz CT molecular complexity index is 5740. The number of aromatic carboxylic acids is 1. The molecule has 702 valence electrons. The maximum atomic E-state index is 11.3. The van der Waals surface area contributed by atoms with Gasteiger partial charge in [0.1, 0.15) is 86.0 Å². The number of hydrogen-bond acceptors (Lipinski definition) is 39. The maximum absolute atomic E-state index is 11.3. The number of pyridine rings is 6. The van der Waals surface area contributed by atoms with E-state index in [1.54, 1.807) is 104 Å². The molecule has 0 spiro atoms. The van der Waals surface area contributed by atoms with Crippen LogP contribution in [0.1, 0.15) is 67.6 Å². The van der Waals surface area contributed by atoms with E-state index in [2.05, 4.69) is 50.2 Å². The average Bonchev–Trinajstić information content (AvgIpc) is 1.32. The van der Waals surface area contributed by atoms with Crippen LogP contribution in [-0.2, 0) is 37.2 Å². The van der Waals surface area contributed by atoms with Gasteiger partial charge in [-0.25, -0.2) is 29.5 Å². The molecular formula is C81H79K2N15O35SSe. The molecule has 13 rings (SSSR count). The number of carbonyl (C=O) groups excluding carboxylic acids is 4. The summed E-state index contributed by atoms with van der Waals surface area (Å²) in [5.41, 5.74) is 7.97. The Morgan fingerprint density at radius 3 is 0.919 bits per heavy atom. The van der Waals surface area contributed by atoms with Crippen molar-refractivity contribution in [1.29, 1.82) is 0 Å². The quantitative estimate of drug-likeness (QED) is 0.00565. The summed E-state index contributed by atoms with van der Waals surface area (Å²) in [7, 11) is 0.663. The van der Waals surface area contributed by atoms with Crippen molar-refractivity contribution in [3.05, 3.63) is 350 Å². The summed E-state index contributed by atoms with van der Waals surface area (Å²) in [4.78, 5) is 139. The Kier molecular flexibility index (Phi) is 60.6. The molecule has 9 N–H and O–H groups in total.